The molecule has 2 saturated heterocycles. The lowest BCUT2D eigenvalue weighted by atomic mass is 10.2. The first-order chi connectivity index (χ1) is 9.76. The monoisotopic (exact) mass is 296 g/mol. The molecule has 2 unspecified atom stereocenters. The Morgan fingerprint density at radius 2 is 2.55 bits per heavy atom. The summed E-state index contributed by atoms with van der Waals surface area (Å²) in [5, 5.41) is 5.43. The third-order valence-electron chi connectivity index (χ3n) is 3.91. The average Bonchev–Trinajstić information content (AvgIpc) is 3.12. The predicted molar refractivity (Wildman–Crippen MR) is 76.7 cm³/mol. The van der Waals surface area contributed by atoms with Crippen molar-refractivity contribution in [2.45, 2.75) is 31.5 Å². The maximum atomic E-state index is 12.0. The molecule has 2 fully saturated rings. The van der Waals surface area contributed by atoms with E-state index in [1.165, 1.54) is 24.2 Å². The van der Waals surface area contributed by atoms with E-state index in [1.54, 1.807) is 5.38 Å². The molecule has 20 heavy (non-hydrogen) atoms. The van der Waals surface area contributed by atoms with Crippen LogP contribution >= 0.6 is 11.3 Å². The van der Waals surface area contributed by atoms with Gasteiger partial charge in [-0.15, -0.1) is 11.3 Å². The van der Waals surface area contributed by atoms with Crippen LogP contribution in [0.2, 0.25) is 0 Å². The van der Waals surface area contributed by atoms with Gasteiger partial charge in [0, 0.05) is 31.1 Å². The summed E-state index contributed by atoms with van der Waals surface area (Å²) >= 11 is 1.42. The van der Waals surface area contributed by atoms with Crippen LogP contribution in [-0.2, 0) is 11.3 Å². The van der Waals surface area contributed by atoms with E-state index in [1.807, 2.05) is 0 Å². The highest BCUT2D eigenvalue weighted by molar-refractivity contribution is 7.09. The minimum atomic E-state index is -0.145. The number of hydrogen-bond donors (Lipinski definition) is 2. The molecule has 3 heterocycles. The summed E-state index contributed by atoms with van der Waals surface area (Å²) < 4.78 is 5.81. The van der Waals surface area contributed by atoms with Gasteiger partial charge in [0.25, 0.3) is 5.91 Å². The van der Waals surface area contributed by atoms with Crippen molar-refractivity contribution in [2.24, 2.45) is 5.73 Å². The molecule has 1 aromatic heterocycles. The summed E-state index contributed by atoms with van der Waals surface area (Å²) in [6.07, 6.45) is 2.58. The van der Waals surface area contributed by atoms with Crippen molar-refractivity contribution in [1.29, 1.82) is 0 Å². The second kappa shape index (κ2) is 6.17. The van der Waals surface area contributed by atoms with Gasteiger partial charge in [-0.25, -0.2) is 4.98 Å². The summed E-state index contributed by atoms with van der Waals surface area (Å²) in [6, 6.07) is 0.590. The summed E-state index contributed by atoms with van der Waals surface area (Å²) in [5.74, 6) is -0.145. The van der Waals surface area contributed by atoms with E-state index in [0.717, 1.165) is 24.7 Å². The second-order valence-corrected chi connectivity index (χ2v) is 6.23. The molecule has 1 amide bonds. The third-order valence-corrected chi connectivity index (χ3v) is 4.78. The largest absolute Gasteiger partial charge is 0.373 e. The molecule has 0 aliphatic carbocycles. The summed E-state index contributed by atoms with van der Waals surface area (Å²) in [7, 11) is 0. The number of nitrogens with two attached hydrogens (primary N) is 1. The Bertz CT molecular complexity index is 479. The van der Waals surface area contributed by atoms with Crippen LogP contribution < -0.4 is 11.1 Å². The van der Waals surface area contributed by atoms with Gasteiger partial charge < -0.3 is 15.8 Å². The Hall–Kier alpha value is -1.02. The van der Waals surface area contributed by atoms with Gasteiger partial charge in [0.2, 0.25) is 0 Å². The molecule has 2 aliphatic heterocycles. The Kier molecular flexibility index (Phi) is 4.30. The van der Waals surface area contributed by atoms with E-state index in [4.69, 9.17) is 10.5 Å². The maximum Gasteiger partial charge on any atom is 0.270 e. The standard InChI is InChI=1S/C13H20N4O2S/c14-4-12-16-11(8-20-12)13(18)15-5-10-6-17-3-1-2-9(17)7-19-10/h8-10H,1-7,14H2,(H,15,18). The molecule has 7 heteroatoms. The Balaban J connectivity index is 1.48. The molecule has 2 atom stereocenters. The SMILES string of the molecule is NCc1nc(C(=O)NCC2CN3CCCC3CO2)cs1. The Morgan fingerprint density at radius 1 is 1.65 bits per heavy atom. The van der Waals surface area contributed by atoms with Crippen LogP contribution in [0.25, 0.3) is 0 Å². The van der Waals surface area contributed by atoms with Crippen LogP contribution in [0, 0.1) is 0 Å². The van der Waals surface area contributed by atoms with E-state index < -0.39 is 0 Å². The number of nitrogens with one attached hydrogen (secondary N) is 1. The lowest BCUT2D eigenvalue weighted by Gasteiger charge is -2.35. The molecular formula is C13H20N4O2S. The van der Waals surface area contributed by atoms with Crippen LogP contribution in [0.15, 0.2) is 5.38 Å². The first-order valence-corrected chi connectivity index (χ1v) is 7.92. The van der Waals surface area contributed by atoms with Crippen LogP contribution in [0.5, 0.6) is 0 Å². The molecule has 0 radical (unpaired) electrons. The van der Waals surface area contributed by atoms with Crippen molar-refractivity contribution in [1.82, 2.24) is 15.2 Å². The molecule has 0 spiro atoms. The number of carbonyl (C=O) groups is 1. The molecular weight excluding hydrogens is 276 g/mol. The van der Waals surface area contributed by atoms with Crippen molar-refractivity contribution >= 4 is 17.2 Å². The number of nitrogens with zero attached hydrogens (tertiary/aromatic N) is 2. The fourth-order valence-corrected chi connectivity index (χ4v) is 3.47. The third kappa shape index (κ3) is 3.01. The van der Waals surface area contributed by atoms with Gasteiger partial charge in [-0.1, -0.05) is 0 Å². The van der Waals surface area contributed by atoms with Crippen molar-refractivity contribution in [3.05, 3.63) is 16.1 Å². The van der Waals surface area contributed by atoms with Crippen molar-refractivity contribution in [3.8, 4) is 0 Å². The molecule has 3 rings (SSSR count). The minimum absolute atomic E-state index is 0.0842. The molecule has 0 saturated carbocycles. The van der Waals surface area contributed by atoms with E-state index in [-0.39, 0.29) is 12.0 Å². The van der Waals surface area contributed by atoms with Crippen LogP contribution in [0.3, 0.4) is 0 Å². The normalized spacial score (nSPS) is 26.4. The van der Waals surface area contributed by atoms with Gasteiger partial charge in [0.1, 0.15) is 10.7 Å². The van der Waals surface area contributed by atoms with Gasteiger partial charge >= 0.3 is 0 Å². The number of rotatable bonds is 4. The van der Waals surface area contributed by atoms with Crippen LogP contribution in [0.1, 0.15) is 28.3 Å². The van der Waals surface area contributed by atoms with Crippen molar-refractivity contribution in [3.63, 3.8) is 0 Å². The quantitative estimate of drug-likeness (QED) is 0.829. The van der Waals surface area contributed by atoms with Gasteiger partial charge in [0.05, 0.1) is 12.7 Å². The molecule has 1 aromatic rings. The number of fused-ring (bicyclic) bond motifs is 1. The zero-order valence-corrected chi connectivity index (χ0v) is 12.2. The number of aromatic nitrogens is 1. The highest BCUT2D eigenvalue weighted by atomic mass is 32.1. The first-order valence-electron chi connectivity index (χ1n) is 7.04. The Morgan fingerprint density at radius 3 is 3.35 bits per heavy atom. The molecule has 6 nitrogen and oxygen atoms in total. The first kappa shape index (κ1) is 13.9. The second-order valence-electron chi connectivity index (χ2n) is 5.29. The number of hydrogen-bond acceptors (Lipinski definition) is 6. The van der Waals surface area contributed by atoms with E-state index in [9.17, 15) is 4.79 Å². The van der Waals surface area contributed by atoms with E-state index >= 15 is 0 Å². The molecule has 0 aromatic carbocycles. The number of carbonyl (C=O) groups excluding carboxylic acids is 1. The fraction of sp³-hybridized carbons (Fsp3) is 0.692. The van der Waals surface area contributed by atoms with Crippen molar-refractivity contribution in [2.75, 3.05) is 26.2 Å². The molecule has 110 valence electrons. The zero-order chi connectivity index (χ0) is 13.9. The Labute approximate surface area is 122 Å². The number of thiazole rings is 1. The van der Waals surface area contributed by atoms with E-state index in [2.05, 4.69) is 15.2 Å². The van der Waals surface area contributed by atoms with Crippen LogP contribution in [-0.4, -0.2) is 54.2 Å². The fourth-order valence-electron chi connectivity index (χ4n) is 2.82. The van der Waals surface area contributed by atoms with Gasteiger partial charge in [-0.05, 0) is 19.4 Å². The summed E-state index contributed by atoms with van der Waals surface area (Å²) in [4.78, 5) is 18.6. The molecule has 2 aliphatic rings. The number of ether oxygens (including phenoxy) is 1. The smallest absolute Gasteiger partial charge is 0.270 e. The lowest BCUT2D eigenvalue weighted by molar-refractivity contribution is -0.0462. The van der Waals surface area contributed by atoms with Crippen molar-refractivity contribution < 1.29 is 9.53 Å². The topological polar surface area (TPSA) is 80.5 Å². The van der Waals surface area contributed by atoms with Gasteiger partial charge in [-0.3, -0.25) is 9.69 Å². The lowest BCUT2D eigenvalue weighted by Crippen LogP contribution is -2.50. The molecule has 0 bridgehead atoms. The zero-order valence-electron chi connectivity index (χ0n) is 11.4. The maximum absolute atomic E-state index is 12.0. The summed E-state index contributed by atoms with van der Waals surface area (Å²) in [6.45, 7) is 3.77. The number of amides is 1. The highest BCUT2D eigenvalue weighted by Gasteiger charge is 2.32. The van der Waals surface area contributed by atoms with Gasteiger partial charge in [0.15, 0.2) is 0 Å². The molecule has 3 N–H and O–H groups in total. The van der Waals surface area contributed by atoms with Gasteiger partial charge in [-0.2, -0.15) is 0 Å². The van der Waals surface area contributed by atoms with E-state index in [0.29, 0.717) is 24.8 Å². The average molecular weight is 296 g/mol. The predicted octanol–water partition coefficient (Wildman–Crippen LogP) is 0.195. The number of morpholine rings is 1. The highest BCUT2D eigenvalue weighted by Crippen LogP contribution is 2.22. The van der Waals surface area contributed by atoms with Crippen LogP contribution in [0.4, 0.5) is 0 Å². The minimum Gasteiger partial charge on any atom is -0.373 e. The summed E-state index contributed by atoms with van der Waals surface area (Å²) in [5.41, 5.74) is 5.94.